The molecule has 0 aliphatic heterocycles. The van der Waals surface area contributed by atoms with Crippen molar-refractivity contribution in [3.8, 4) is 0 Å². The Morgan fingerprint density at radius 2 is 2.22 bits per heavy atom. The Hall–Kier alpha value is -0.960. The van der Waals surface area contributed by atoms with Gasteiger partial charge in [0.2, 0.25) is 0 Å². The van der Waals surface area contributed by atoms with Crippen molar-refractivity contribution in [1.82, 2.24) is 4.98 Å². The van der Waals surface area contributed by atoms with Crippen LogP contribution in [-0.2, 0) is 9.53 Å². The molecule has 18 heavy (non-hydrogen) atoms. The maximum Gasteiger partial charge on any atom is 0.349 e. The molecular weight excluding hydrogens is 278 g/mol. The van der Waals surface area contributed by atoms with Crippen LogP contribution >= 0.6 is 23.1 Å². The van der Waals surface area contributed by atoms with Crippen molar-refractivity contribution >= 4 is 34.2 Å². The number of carbonyl (C=O) groups excluding carboxylic acids is 2. The van der Waals surface area contributed by atoms with Gasteiger partial charge in [-0.25, -0.2) is 9.78 Å². The standard InChI is InChI=1S/C10H13NO5S2/c1-5(12)17-4-6(13)8(14)9-11-3-7(18-9)10(15)16-2/h3,6,8,13-14H,4H2,1-2H3. The van der Waals surface area contributed by atoms with Gasteiger partial charge in [0.15, 0.2) is 5.12 Å². The highest BCUT2D eigenvalue weighted by atomic mass is 32.2. The Morgan fingerprint density at radius 3 is 2.78 bits per heavy atom. The van der Waals surface area contributed by atoms with E-state index >= 15 is 0 Å². The molecule has 1 aromatic rings. The largest absolute Gasteiger partial charge is 0.465 e. The highest BCUT2D eigenvalue weighted by Gasteiger charge is 2.23. The SMILES string of the molecule is COC(=O)c1cnc(C(O)C(O)CSC(C)=O)s1. The summed E-state index contributed by atoms with van der Waals surface area (Å²) in [6, 6.07) is 0. The maximum atomic E-state index is 11.2. The predicted octanol–water partition coefficient (Wildman–Crippen LogP) is 0.604. The van der Waals surface area contributed by atoms with Gasteiger partial charge in [0.25, 0.3) is 0 Å². The summed E-state index contributed by atoms with van der Waals surface area (Å²) in [5.41, 5.74) is 0. The van der Waals surface area contributed by atoms with Gasteiger partial charge in [-0.2, -0.15) is 0 Å². The Balaban J connectivity index is 2.65. The molecule has 100 valence electrons. The van der Waals surface area contributed by atoms with E-state index in [4.69, 9.17) is 0 Å². The van der Waals surface area contributed by atoms with E-state index in [1.54, 1.807) is 0 Å². The number of aromatic nitrogens is 1. The molecule has 0 saturated carbocycles. The van der Waals surface area contributed by atoms with Crippen LogP contribution in [0, 0.1) is 0 Å². The monoisotopic (exact) mass is 291 g/mol. The number of hydrogen-bond donors (Lipinski definition) is 2. The highest BCUT2D eigenvalue weighted by Crippen LogP contribution is 2.25. The van der Waals surface area contributed by atoms with E-state index in [1.807, 2.05) is 0 Å². The number of aliphatic hydroxyl groups is 2. The summed E-state index contributed by atoms with van der Waals surface area (Å²) >= 11 is 1.86. The van der Waals surface area contributed by atoms with E-state index in [9.17, 15) is 19.8 Å². The van der Waals surface area contributed by atoms with Gasteiger partial charge < -0.3 is 14.9 Å². The van der Waals surface area contributed by atoms with Gasteiger partial charge >= 0.3 is 5.97 Å². The Kier molecular flexibility index (Phi) is 5.73. The highest BCUT2D eigenvalue weighted by molar-refractivity contribution is 8.13. The quantitative estimate of drug-likeness (QED) is 0.767. The molecule has 0 aliphatic rings. The van der Waals surface area contributed by atoms with Crippen LogP contribution in [-0.4, -0.2) is 45.2 Å². The number of aliphatic hydroxyl groups excluding tert-OH is 2. The van der Waals surface area contributed by atoms with Gasteiger partial charge in [0.1, 0.15) is 16.0 Å². The lowest BCUT2D eigenvalue weighted by Crippen LogP contribution is -2.21. The van der Waals surface area contributed by atoms with Gasteiger partial charge in [-0.15, -0.1) is 11.3 Å². The lowest BCUT2D eigenvalue weighted by molar-refractivity contribution is -0.109. The van der Waals surface area contributed by atoms with Gasteiger partial charge in [-0.1, -0.05) is 11.8 Å². The van der Waals surface area contributed by atoms with Crippen molar-refractivity contribution in [2.45, 2.75) is 19.1 Å². The zero-order valence-corrected chi connectivity index (χ0v) is 11.5. The predicted molar refractivity (Wildman–Crippen MR) is 67.6 cm³/mol. The lowest BCUT2D eigenvalue weighted by atomic mass is 10.2. The maximum absolute atomic E-state index is 11.2. The fourth-order valence-corrected chi connectivity index (χ4v) is 2.55. The second-order valence-corrected chi connectivity index (χ2v) is 5.63. The minimum absolute atomic E-state index is 0.0731. The van der Waals surface area contributed by atoms with Crippen molar-refractivity contribution in [3.05, 3.63) is 16.1 Å². The third kappa shape index (κ3) is 4.05. The second-order valence-electron chi connectivity index (χ2n) is 3.37. The third-order valence-corrected chi connectivity index (χ3v) is 3.95. The van der Waals surface area contributed by atoms with E-state index in [-0.39, 0.29) is 20.8 Å². The number of esters is 1. The number of thioether (sulfide) groups is 1. The van der Waals surface area contributed by atoms with Gasteiger partial charge in [-0.05, 0) is 0 Å². The first-order valence-corrected chi connectivity index (χ1v) is 6.79. The third-order valence-electron chi connectivity index (χ3n) is 1.98. The molecule has 6 nitrogen and oxygen atoms in total. The molecular formula is C10H13NO5S2. The van der Waals surface area contributed by atoms with E-state index in [1.165, 1.54) is 20.2 Å². The molecule has 0 aromatic carbocycles. The van der Waals surface area contributed by atoms with Crippen molar-refractivity contribution in [3.63, 3.8) is 0 Å². The molecule has 0 spiro atoms. The van der Waals surface area contributed by atoms with Crippen LogP contribution in [0.3, 0.4) is 0 Å². The summed E-state index contributed by atoms with van der Waals surface area (Å²) in [5, 5.41) is 19.5. The van der Waals surface area contributed by atoms with Crippen LogP contribution < -0.4 is 0 Å². The average molecular weight is 291 g/mol. The Morgan fingerprint density at radius 1 is 1.56 bits per heavy atom. The smallest absolute Gasteiger partial charge is 0.349 e. The zero-order valence-electron chi connectivity index (χ0n) is 9.82. The number of rotatable bonds is 5. The van der Waals surface area contributed by atoms with Crippen LogP contribution in [0.25, 0.3) is 0 Å². The molecule has 0 amide bonds. The molecule has 0 bridgehead atoms. The number of ether oxygens (including phenoxy) is 1. The summed E-state index contributed by atoms with van der Waals surface area (Å²) in [6.45, 7) is 1.38. The summed E-state index contributed by atoms with van der Waals surface area (Å²) in [7, 11) is 1.25. The van der Waals surface area contributed by atoms with Gasteiger partial charge in [-0.3, -0.25) is 4.79 Å². The minimum Gasteiger partial charge on any atom is -0.465 e. The lowest BCUT2D eigenvalue weighted by Gasteiger charge is -2.14. The minimum atomic E-state index is -1.22. The van der Waals surface area contributed by atoms with Crippen LogP contribution in [0.4, 0.5) is 0 Å². The molecule has 2 N–H and O–H groups in total. The summed E-state index contributed by atoms with van der Waals surface area (Å²) < 4.78 is 4.51. The van der Waals surface area contributed by atoms with Crippen molar-refractivity contribution in [1.29, 1.82) is 0 Å². The Labute approximate surface area is 112 Å². The number of thiazole rings is 1. The van der Waals surface area contributed by atoms with Crippen molar-refractivity contribution < 1.29 is 24.5 Å². The van der Waals surface area contributed by atoms with Crippen LogP contribution in [0.2, 0.25) is 0 Å². The summed E-state index contributed by atoms with van der Waals surface area (Å²) in [5.74, 6) is -0.470. The van der Waals surface area contributed by atoms with Crippen LogP contribution in [0.5, 0.6) is 0 Å². The molecule has 0 saturated heterocycles. The molecule has 1 rings (SSSR count). The Bertz CT molecular complexity index is 434. The number of hydrogen-bond acceptors (Lipinski definition) is 8. The van der Waals surface area contributed by atoms with Crippen LogP contribution in [0.1, 0.15) is 27.7 Å². The molecule has 2 atom stereocenters. The zero-order chi connectivity index (χ0) is 13.7. The van der Waals surface area contributed by atoms with Crippen LogP contribution in [0.15, 0.2) is 6.20 Å². The molecule has 2 unspecified atom stereocenters. The first-order valence-electron chi connectivity index (χ1n) is 4.99. The molecule has 0 fully saturated rings. The number of nitrogens with zero attached hydrogens (tertiary/aromatic N) is 1. The molecule has 1 heterocycles. The molecule has 0 aliphatic carbocycles. The normalized spacial score (nSPS) is 14.0. The molecule has 8 heteroatoms. The fourth-order valence-electron chi connectivity index (χ4n) is 1.08. The molecule has 1 aromatic heterocycles. The summed E-state index contributed by atoms with van der Waals surface area (Å²) in [6.07, 6.45) is -1.06. The fraction of sp³-hybridized carbons (Fsp3) is 0.500. The molecule has 0 radical (unpaired) electrons. The first kappa shape index (κ1) is 15.1. The van der Waals surface area contributed by atoms with E-state index < -0.39 is 18.2 Å². The topological polar surface area (TPSA) is 96.7 Å². The van der Waals surface area contributed by atoms with Crippen molar-refractivity contribution in [2.24, 2.45) is 0 Å². The summed E-state index contributed by atoms with van der Waals surface area (Å²) in [4.78, 5) is 26.0. The van der Waals surface area contributed by atoms with Gasteiger partial charge in [0, 0.05) is 12.7 Å². The second kappa shape index (κ2) is 6.83. The van der Waals surface area contributed by atoms with Gasteiger partial charge in [0.05, 0.1) is 19.4 Å². The van der Waals surface area contributed by atoms with E-state index in [0.717, 1.165) is 23.1 Å². The number of methoxy groups -OCH3 is 1. The average Bonchev–Trinajstić information content (AvgIpc) is 2.83. The number of carbonyl (C=O) groups is 2. The van der Waals surface area contributed by atoms with E-state index in [2.05, 4.69) is 9.72 Å². The first-order chi connectivity index (χ1) is 8.45. The van der Waals surface area contributed by atoms with E-state index in [0.29, 0.717) is 0 Å². The van der Waals surface area contributed by atoms with Crippen molar-refractivity contribution in [2.75, 3.05) is 12.9 Å².